The molecule has 0 unspecified atom stereocenters. The normalized spacial score (nSPS) is 19.4. The lowest BCUT2D eigenvalue weighted by Gasteiger charge is -2.08. The minimum atomic E-state index is -0.711. The number of hydrogen-bond acceptors (Lipinski definition) is 4. The highest BCUT2D eigenvalue weighted by Crippen LogP contribution is 2.62. The van der Waals surface area contributed by atoms with Crippen molar-refractivity contribution in [2.24, 2.45) is 10.8 Å². The second kappa shape index (κ2) is 4.19. The third kappa shape index (κ3) is 1.92. The Balaban J connectivity index is 2.24. The third-order valence-corrected chi connectivity index (χ3v) is 4.75. The first kappa shape index (κ1) is 14.3. The summed E-state index contributed by atoms with van der Waals surface area (Å²) in [5.41, 5.74) is -0.623. The number of para-hydroxylation sites is 1. The molecule has 0 spiro atoms. The van der Waals surface area contributed by atoms with Crippen LogP contribution in [-0.4, -0.2) is 22.0 Å². The van der Waals surface area contributed by atoms with Crippen LogP contribution in [0, 0.1) is 20.9 Å². The highest BCUT2D eigenvalue weighted by Gasteiger charge is 2.65. The molecule has 1 aromatic rings. The minimum absolute atomic E-state index is 0.0267. The van der Waals surface area contributed by atoms with Crippen LogP contribution in [0.3, 0.4) is 0 Å². The summed E-state index contributed by atoms with van der Waals surface area (Å²) in [7, 11) is 0. The lowest BCUT2D eigenvalue weighted by Crippen LogP contribution is -2.29. The largest absolute Gasteiger partial charge is 0.502 e. The molecule has 0 aromatic heterocycles. The number of nitro groups is 1. The number of carbonyl (C=O) groups is 1. The topological polar surface area (TPSA) is 92.5 Å². The zero-order chi connectivity index (χ0) is 15.3. The van der Waals surface area contributed by atoms with Crippen molar-refractivity contribution in [3.05, 3.63) is 33.9 Å². The summed E-state index contributed by atoms with van der Waals surface area (Å²) in [5.74, 6) is -1.08. The number of hydrogen-bond donors (Lipinski definition) is 2. The van der Waals surface area contributed by atoms with Gasteiger partial charge in [-0.3, -0.25) is 14.9 Å². The zero-order valence-corrected chi connectivity index (χ0v) is 11.9. The second-order valence-corrected chi connectivity index (χ2v) is 6.28. The standard InChI is InChI=1S/C14H18N2O4/c1-13(2)12(14(13,3)4)15-11(18)8-6-5-7-9(10(8)17)16(19)20/h5-7,12,17H,1-4H3,(H,15,18). The number of carbonyl (C=O) groups excluding carboxylic acids is 1. The van der Waals surface area contributed by atoms with Crippen LogP contribution in [0.4, 0.5) is 5.69 Å². The van der Waals surface area contributed by atoms with E-state index in [2.05, 4.69) is 5.32 Å². The van der Waals surface area contributed by atoms with Crippen molar-refractivity contribution in [3.63, 3.8) is 0 Å². The maximum atomic E-state index is 12.2. The maximum absolute atomic E-state index is 12.2. The van der Waals surface area contributed by atoms with Crippen molar-refractivity contribution >= 4 is 11.6 Å². The molecule has 1 aromatic carbocycles. The molecule has 0 bridgehead atoms. The van der Waals surface area contributed by atoms with E-state index in [1.54, 1.807) is 0 Å². The van der Waals surface area contributed by atoms with E-state index in [4.69, 9.17) is 0 Å². The monoisotopic (exact) mass is 278 g/mol. The van der Waals surface area contributed by atoms with E-state index in [1.807, 2.05) is 27.7 Å². The van der Waals surface area contributed by atoms with E-state index < -0.39 is 22.3 Å². The van der Waals surface area contributed by atoms with Crippen molar-refractivity contribution in [2.45, 2.75) is 33.7 Å². The molecule has 108 valence electrons. The summed E-state index contributed by atoms with van der Waals surface area (Å²) in [6, 6.07) is 3.90. The molecule has 0 atom stereocenters. The molecular weight excluding hydrogens is 260 g/mol. The van der Waals surface area contributed by atoms with Crippen LogP contribution >= 0.6 is 0 Å². The SMILES string of the molecule is CC1(C)C(NC(=O)c2cccc([N+](=O)[O-])c2O)C1(C)C. The van der Waals surface area contributed by atoms with Gasteiger partial charge in [0.25, 0.3) is 5.91 Å². The van der Waals surface area contributed by atoms with Crippen LogP contribution in [0.1, 0.15) is 38.1 Å². The fraction of sp³-hybridized carbons (Fsp3) is 0.500. The first-order chi connectivity index (χ1) is 9.10. The number of phenols is 1. The minimum Gasteiger partial charge on any atom is -0.502 e. The van der Waals surface area contributed by atoms with Crippen LogP contribution in [-0.2, 0) is 0 Å². The molecule has 1 fully saturated rings. The van der Waals surface area contributed by atoms with Gasteiger partial charge in [0.2, 0.25) is 5.75 Å². The second-order valence-electron chi connectivity index (χ2n) is 6.28. The molecule has 0 heterocycles. The molecule has 2 N–H and O–H groups in total. The van der Waals surface area contributed by atoms with E-state index >= 15 is 0 Å². The zero-order valence-electron chi connectivity index (χ0n) is 11.9. The number of benzene rings is 1. The lowest BCUT2D eigenvalue weighted by molar-refractivity contribution is -0.385. The van der Waals surface area contributed by atoms with Crippen LogP contribution in [0.5, 0.6) is 5.75 Å². The van der Waals surface area contributed by atoms with E-state index in [0.29, 0.717) is 0 Å². The highest BCUT2D eigenvalue weighted by molar-refractivity contribution is 5.98. The molecule has 1 amide bonds. The molecule has 20 heavy (non-hydrogen) atoms. The molecule has 0 radical (unpaired) electrons. The molecule has 0 aliphatic heterocycles. The van der Waals surface area contributed by atoms with E-state index in [9.17, 15) is 20.0 Å². The van der Waals surface area contributed by atoms with Gasteiger partial charge in [-0.2, -0.15) is 0 Å². The summed E-state index contributed by atoms with van der Waals surface area (Å²) < 4.78 is 0. The number of nitro benzene ring substituents is 1. The third-order valence-electron chi connectivity index (χ3n) is 4.75. The average Bonchev–Trinajstić information content (AvgIpc) is 2.71. The Labute approximate surface area is 117 Å². The van der Waals surface area contributed by atoms with Crippen molar-refractivity contribution in [1.29, 1.82) is 0 Å². The van der Waals surface area contributed by atoms with E-state index in [1.165, 1.54) is 12.1 Å². The maximum Gasteiger partial charge on any atom is 0.311 e. The number of amides is 1. The first-order valence-corrected chi connectivity index (χ1v) is 6.38. The number of rotatable bonds is 3. The summed E-state index contributed by atoms with van der Waals surface area (Å²) in [4.78, 5) is 22.2. The molecule has 1 aliphatic carbocycles. The van der Waals surface area contributed by atoms with Gasteiger partial charge in [-0.25, -0.2) is 0 Å². The van der Waals surface area contributed by atoms with Crippen molar-refractivity contribution in [3.8, 4) is 5.75 Å². The Hall–Kier alpha value is -2.11. The van der Waals surface area contributed by atoms with Gasteiger partial charge in [0.05, 0.1) is 10.5 Å². The number of nitrogens with one attached hydrogen (secondary N) is 1. The molecule has 1 saturated carbocycles. The molecule has 1 aliphatic rings. The molecule has 0 saturated heterocycles. The van der Waals surface area contributed by atoms with Crippen LogP contribution in [0.15, 0.2) is 18.2 Å². The predicted molar refractivity (Wildman–Crippen MR) is 73.6 cm³/mol. The van der Waals surface area contributed by atoms with Gasteiger partial charge in [-0.15, -0.1) is 0 Å². The fourth-order valence-electron chi connectivity index (χ4n) is 2.63. The van der Waals surface area contributed by atoms with Gasteiger partial charge >= 0.3 is 5.69 Å². The summed E-state index contributed by atoms with van der Waals surface area (Å²) in [6.07, 6.45) is 0. The van der Waals surface area contributed by atoms with Gasteiger partial charge < -0.3 is 10.4 Å². The Morgan fingerprint density at radius 1 is 1.30 bits per heavy atom. The Morgan fingerprint density at radius 3 is 2.30 bits per heavy atom. The molecule has 2 rings (SSSR count). The van der Waals surface area contributed by atoms with Gasteiger partial charge in [-0.1, -0.05) is 33.8 Å². The number of phenolic OH excluding ortho intramolecular Hbond substituents is 1. The number of nitrogens with zero attached hydrogens (tertiary/aromatic N) is 1. The summed E-state index contributed by atoms with van der Waals surface area (Å²) >= 11 is 0. The smallest absolute Gasteiger partial charge is 0.311 e. The predicted octanol–water partition coefficient (Wildman–Crippen LogP) is 2.46. The molecular formula is C14H18N2O4. The average molecular weight is 278 g/mol. The quantitative estimate of drug-likeness (QED) is 0.656. The fourth-order valence-corrected chi connectivity index (χ4v) is 2.63. The lowest BCUT2D eigenvalue weighted by atomic mass is 10.0. The van der Waals surface area contributed by atoms with Gasteiger partial charge in [-0.05, 0) is 16.9 Å². The van der Waals surface area contributed by atoms with Crippen LogP contribution < -0.4 is 5.32 Å². The molecule has 6 heteroatoms. The van der Waals surface area contributed by atoms with Gasteiger partial charge in [0, 0.05) is 12.1 Å². The Bertz CT molecular complexity index is 579. The summed E-state index contributed by atoms with van der Waals surface area (Å²) in [6.45, 7) is 8.19. The van der Waals surface area contributed by atoms with E-state index in [0.717, 1.165) is 6.07 Å². The van der Waals surface area contributed by atoms with Crippen molar-refractivity contribution < 1.29 is 14.8 Å². The Morgan fingerprint density at radius 2 is 1.85 bits per heavy atom. The van der Waals surface area contributed by atoms with Crippen LogP contribution in [0.2, 0.25) is 0 Å². The first-order valence-electron chi connectivity index (χ1n) is 6.38. The van der Waals surface area contributed by atoms with Crippen molar-refractivity contribution in [1.82, 2.24) is 5.32 Å². The molecule has 6 nitrogen and oxygen atoms in total. The summed E-state index contributed by atoms with van der Waals surface area (Å²) in [5, 5.41) is 23.4. The van der Waals surface area contributed by atoms with Gasteiger partial charge in [0.1, 0.15) is 0 Å². The highest BCUT2D eigenvalue weighted by atomic mass is 16.6. The van der Waals surface area contributed by atoms with E-state index in [-0.39, 0.29) is 22.4 Å². The van der Waals surface area contributed by atoms with Crippen molar-refractivity contribution in [2.75, 3.05) is 0 Å². The number of aromatic hydroxyl groups is 1. The Kier molecular flexibility index (Phi) is 3.00. The van der Waals surface area contributed by atoms with Crippen LogP contribution in [0.25, 0.3) is 0 Å². The van der Waals surface area contributed by atoms with Gasteiger partial charge in [0.15, 0.2) is 0 Å².